The Kier molecular flexibility index (Phi) is 3.35. The van der Waals surface area contributed by atoms with Crippen molar-refractivity contribution in [3.8, 4) is 0 Å². The Balaban J connectivity index is 3.64. The van der Waals surface area contributed by atoms with Crippen LogP contribution in [0.25, 0.3) is 0 Å². The van der Waals surface area contributed by atoms with Crippen LogP contribution in [0, 0.1) is 0 Å². The summed E-state index contributed by atoms with van der Waals surface area (Å²) in [6.45, 7) is 1.76. The first kappa shape index (κ1) is 7.56. The highest BCUT2D eigenvalue weighted by Gasteiger charge is 2.04. The van der Waals surface area contributed by atoms with Crippen molar-refractivity contribution in [2.75, 3.05) is 0 Å². The van der Waals surface area contributed by atoms with E-state index in [-0.39, 0.29) is 0 Å². The van der Waals surface area contributed by atoms with Gasteiger partial charge in [0.15, 0.2) is 0 Å². The molecule has 0 aromatic heterocycles. The number of hydrogen-bond acceptors (Lipinski definition) is 2. The van der Waals surface area contributed by atoms with Crippen LogP contribution in [0.5, 0.6) is 0 Å². The third-order valence-electron chi connectivity index (χ3n) is 0.628. The zero-order valence-electron chi connectivity index (χ0n) is 4.53. The highest BCUT2D eigenvalue weighted by molar-refractivity contribution is 7.82. The molecule has 0 radical (unpaired) electrons. The highest BCUT2D eigenvalue weighted by Crippen LogP contribution is 1.95. The molecule has 0 aliphatic rings. The zero-order chi connectivity index (χ0) is 6.57. The minimum Gasteiger partial charge on any atom is -0.480 e. The molecule has 0 amide bonds. The normalized spacial score (nSPS) is 14.2. The maximum atomic E-state index is 9.96. The van der Waals surface area contributed by atoms with E-state index in [1.54, 1.807) is 13.0 Å². The summed E-state index contributed by atoms with van der Waals surface area (Å²) in [5.74, 6) is -0.911. The van der Waals surface area contributed by atoms with Crippen molar-refractivity contribution in [2.45, 2.75) is 12.2 Å². The number of carbonyl (C=O) groups is 1. The van der Waals surface area contributed by atoms with Crippen LogP contribution < -0.4 is 0 Å². The van der Waals surface area contributed by atoms with E-state index in [2.05, 4.69) is 12.6 Å². The van der Waals surface area contributed by atoms with Crippen molar-refractivity contribution >= 4 is 18.6 Å². The number of allylic oxidation sites excluding steroid dienone is 1. The Bertz CT molecular complexity index is 109. The summed E-state index contributed by atoms with van der Waals surface area (Å²) in [5.41, 5.74) is 0. The van der Waals surface area contributed by atoms with Crippen molar-refractivity contribution in [2.24, 2.45) is 0 Å². The predicted octanol–water partition coefficient (Wildman–Crippen LogP) is 0.946. The van der Waals surface area contributed by atoms with Gasteiger partial charge in [-0.25, -0.2) is 0 Å². The average molecular weight is 132 g/mol. The fourth-order valence-electron chi connectivity index (χ4n) is 0.265. The average Bonchev–Trinajstić information content (AvgIpc) is 1.67. The number of carboxylic acids is 1. The molecule has 0 aromatic carbocycles. The Morgan fingerprint density at radius 2 is 2.38 bits per heavy atom. The van der Waals surface area contributed by atoms with Gasteiger partial charge in [-0.2, -0.15) is 12.6 Å². The van der Waals surface area contributed by atoms with E-state index >= 15 is 0 Å². The van der Waals surface area contributed by atoms with Gasteiger partial charge in [-0.1, -0.05) is 12.2 Å². The second-order valence-corrected chi connectivity index (χ2v) is 1.87. The van der Waals surface area contributed by atoms with E-state index in [0.29, 0.717) is 0 Å². The summed E-state index contributed by atoms with van der Waals surface area (Å²) in [6, 6.07) is 0. The van der Waals surface area contributed by atoms with Crippen LogP contribution in [0.3, 0.4) is 0 Å². The number of carboxylic acid groups (broad SMARTS) is 1. The molecule has 8 heavy (non-hydrogen) atoms. The molecule has 0 aliphatic heterocycles. The molecule has 1 atom stereocenters. The largest absolute Gasteiger partial charge is 0.480 e. The van der Waals surface area contributed by atoms with E-state index in [0.717, 1.165) is 0 Å². The van der Waals surface area contributed by atoms with Crippen molar-refractivity contribution in [1.29, 1.82) is 0 Å². The van der Waals surface area contributed by atoms with E-state index in [4.69, 9.17) is 5.11 Å². The molecule has 0 fully saturated rings. The lowest BCUT2D eigenvalue weighted by molar-refractivity contribution is -0.135. The number of thiol groups is 1. The van der Waals surface area contributed by atoms with Crippen LogP contribution in [0.1, 0.15) is 6.92 Å². The van der Waals surface area contributed by atoms with Crippen molar-refractivity contribution in [3.63, 3.8) is 0 Å². The first-order valence-corrected chi connectivity index (χ1v) is 2.74. The van der Waals surface area contributed by atoms with Crippen LogP contribution in [0.2, 0.25) is 0 Å². The lowest BCUT2D eigenvalue weighted by atomic mass is 10.4. The van der Waals surface area contributed by atoms with E-state index < -0.39 is 11.2 Å². The van der Waals surface area contributed by atoms with Crippen LogP contribution in [-0.4, -0.2) is 16.3 Å². The van der Waals surface area contributed by atoms with Gasteiger partial charge in [-0.15, -0.1) is 0 Å². The Morgan fingerprint density at radius 3 is 2.50 bits per heavy atom. The topological polar surface area (TPSA) is 37.3 Å². The second kappa shape index (κ2) is 3.55. The van der Waals surface area contributed by atoms with Crippen LogP contribution in [0.4, 0.5) is 0 Å². The summed E-state index contributed by atoms with van der Waals surface area (Å²) in [4.78, 5) is 9.96. The van der Waals surface area contributed by atoms with Crippen LogP contribution in [0.15, 0.2) is 12.2 Å². The summed E-state index contributed by atoms with van der Waals surface area (Å²) >= 11 is 3.72. The summed E-state index contributed by atoms with van der Waals surface area (Å²) < 4.78 is 0. The standard InChI is InChI=1S/C5H8O2S/c1-2-3-4(8)5(6)7/h2-4,8H,1H3,(H,6,7). The monoisotopic (exact) mass is 132 g/mol. The van der Waals surface area contributed by atoms with Crippen molar-refractivity contribution < 1.29 is 9.90 Å². The molecule has 0 saturated heterocycles. The molecule has 3 heteroatoms. The third-order valence-corrected chi connectivity index (χ3v) is 1.02. The van der Waals surface area contributed by atoms with Gasteiger partial charge in [0, 0.05) is 0 Å². The molecule has 1 N–H and O–H groups in total. The van der Waals surface area contributed by atoms with Gasteiger partial charge in [0.2, 0.25) is 0 Å². The molecular weight excluding hydrogens is 124 g/mol. The van der Waals surface area contributed by atoms with Gasteiger partial charge in [-0.3, -0.25) is 4.79 Å². The summed E-state index contributed by atoms with van der Waals surface area (Å²) in [7, 11) is 0. The summed E-state index contributed by atoms with van der Waals surface area (Å²) in [6.07, 6.45) is 3.16. The highest BCUT2D eigenvalue weighted by atomic mass is 32.1. The van der Waals surface area contributed by atoms with Gasteiger partial charge in [0.25, 0.3) is 0 Å². The first-order chi connectivity index (χ1) is 3.68. The van der Waals surface area contributed by atoms with E-state index in [1.807, 2.05) is 0 Å². The zero-order valence-corrected chi connectivity index (χ0v) is 5.43. The minimum absolute atomic E-state index is 0.653. The Labute approximate surface area is 53.6 Å². The SMILES string of the molecule is CC=CC(S)C(=O)O. The molecular formula is C5H8O2S. The molecule has 0 heterocycles. The van der Waals surface area contributed by atoms with Gasteiger partial charge in [-0.05, 0) is 6.92 Å². The van der Waals surface area contributed by atoms with Crippen molar-refractivity contribution in [1.82, 2.24) is 0 Å². The van der Waals surface area contributed by atoms with Crippen molar-refractivity contribution in [3.05, 3.63) is 12.2 Å². The lowest BCUT2D eigenvalue weighted by Crippen LogP contribution is -2.09. The lowest BCUT2D eigenvalue weighted by Gasteiger charge is -1.92. The molecule has 0 aliphatic carbocycles. The van der Waals surface area contributed by atoms with Crippen LogP contribution in [-0.2, 0) is 4.79 Å². The second-order valence-electron chi connectivity index (χ2n) is 1.31. The van der Waals surface area contributed by atoms with Gasteiger partial charge in [0.05, 0.1) is 0 Å². The number of rotatable bonds is 2. The molecule has 2 nitrogen and oxygen atoms in total. The maximum absolute atomic E-state index is 9.96. The van der Waals surface area contributed by atoms with E-state index in [9.17, 15) is 4.79 Å². The van der Waals surface area contributed by atoms with Crippen LogP contribution >= 0.6 is 12.6 Å². The summed E-state index contributed by atoms with van der Waals surface area (Å²) in [5, 5.41) is 7.53. The van der Waals surface area contributed by atoms with Gasteiger partial charge in [0.1, 0.15) is 5.25 Å². The molecule has 0 bridgehead atoms. The van der Waals surface area contributed by atoms with E-state index in [1.165, 1.54) is 6.08 Å². The molecule has 0 saturated carbocycles. The first-order valence-electron chi connectivity index (χ1n) is 2.22. The predicted molar refractivity (Wildman–Crippen MR) is 35.2 cm³/mol. The number of hydrogen-bond donors (Lipinski definition) is 2. The minimum atomic E-state index is -0.911. The molecule has 46 valence electrons. The van der Waals surface area contributed by atoms with Gasteiger partial charge < -0.3 is 5.11 Å². The molecule has 0 spiro atoms. The molecule has 1 unspecified atom stereocenters. The fraction of sp³-hybridized carbons (Fsp3) is 0.400. The van der Waals surface area contributed by atoms with Gasteiger partial charge >= 0.3 is 5.97 Å². The smallest absolute Gasteiger partial charge is 0.320 e. The quantitative estimate of drug-likeness (QED) is 0.433. The number of aliphatic carboxylic acids is 1. The molecule has 0 aromatic rings. The Hall–Kier alpha value is -0.440. The maximum Gasteiger partial charge on any atom is 0.320 e. The Morgan fingerprint density at radius 1 is 1.88 bits per heavy atom. The molecule has 0 rings (SSSR count). The fourth-order valence-corrected chi connectivity index (χ4v) is 0.437. The third kappa shape index (κ3) is 2.69.